The van der Waals surface area contributed by atoms with E-state index in [1.54, 1.807) is 6.07 Å². The molecule has 0 aliphatic rings. The van der Waals surface area contributed by atoms with Crippen LogP contribution in [0.15, 0.2) is 73.1 Å². The highest BCUT2D eigenvalue weighted by atomic mass is 16.4. The van der Waals surface area contributed by atoms with Gasteiger partial charge in [0.1, 0.15) is 11.4 Å². The first-order valence-corrected chi connectivity index (χ1v) is 9.70. The lowest BCUT2D eigenvalue weighted by atomic mass is 10.2. The summed E-state index contributed by atoms with van der Waals surface area (Å²) in [4.78, 5) is 16.4. The number of nitrogens with zero attached hydrogens (tertiary/aromatic N) is 4. The maximum Gasteiger partial charge on any atom is 0.359 e. The Kier molecular flexibility index (Phi) is 8.14. The van der Waals surface area contributed by atoms with Crippen molar-refractivity contribution in [2.45, 2.75) is 6.92 Å². The van der Waals surface area contributed by atoms with E-state index in [-0.39, 0.29) is 11.3 Å². The van der Waals surface area contributed by atoms with E-state index in [4.69, 9.17) is 5.11 Å². The van der Waals surface area contributed by atoms with Crippen LogP contribution in [0.2, 0.25) is 0 Å². The number of pyridine rings is 1. The lowest BCUT2D eigenvalue weighted by molar-refractivity contribution is -0.658. The molecule has 4 aromatic rings. The molecule has 0 saturated carbocycles. The third-order valence-electron chi connectivity index (χ3n) is 4.56. The predicted octanol–water partition coefficient (Wildman–Crippen LogP) is 2.21. The number of para-hydroxylation sites is 2. The topological polar surface area (TPSA) is 85.3 Å². The molecule has 1 N–H and O–H groups in total. The first-order valence-electron chi connectivity index (χ1n) is 9.70. The van der Waals surface area contributed by atoms with E-state index in [0.29, 0.717) is 0 Å². The molecular formula is C24H28N4O3. The maximum atomic E-state index is 10.2. The fourth-order valence-corrected chi connectivity index (χ4v) is 3.10. The fourth-order valence-electron chi connectivity index (χ4n) is 3.10. The van der Waals surface area contributed by atoms with Gasteiger partial charge in [-0.3, -0.25) is 9.88 Å². The molecule has 162 valence electrons. The minimum atomic E-state index is -1.36. The molecule has 0 spiro atoms. The molecular weight excluding hydrogens is 392 g/mol. The summed E-state index contributed by atoms with van der Waals surface area (Å²) in [7, 11) is 8.23. The maximum absolute atomic E-state index is 10.2. The van der Waals surface area contributed by atoms with Crippen LogP contribution in [0, 0.1) is 6.92 Å². The monoisotopic (exact) mass is 420 g/mol. The lowest BCUT2D eigenvalue weighted by Crippen LogP contribution is -2.34. The average molecular weight is 421 g/mol. The number of phenols is 1. The van der Waals surface area contributed by atoms with Crippen LogP contribution in [0.4, 0.5) is 5.95 Å². The summed E-state index contributed by atoms with van der Waals surface area (Å²) in [5.74, 6) is -0.414. The quantitative estimate of drug-likeness (QED) is 0.503. The zero-order valence-electron chi connectivity index (χ0n) is 18.5. The van der Waals surface area contributed by atoms with Crippen LogP contribution in [0.3, 0.4) is 0 Å². The van der Waals surface area contributed by atoms with Gasteiger partial charge in [0.25, 0.3) is 0 Å². The van der Waals surface area contributed by atoms with E-state index in [9.17, 15) is 9.90 Å². The number of hydrogen-bond donors (Lipinski definition) is 1. The molecule has 0 aliphatic carbocycles. The second kappa shape index (κ2) is 10.8. The number of carboxylic acids is 1. The number of aryl methyl sites for hydroxylation is 2. The van der Waals surface area contributed by atoms with E-state index in [1.807, 2.05) is 30.5 Å². The molecule has 0 radical (unpaired) electrons. The number of aromatic carboxylic acids is 1. The minimum Gasteiger partial charge on any atom is -0.545 e. The zero-order chi connectivity index (χ0) is 23.0. The van der Waals surface area contributed by atoms with Crippen molar-refractivity contribution in [3.05, 3.63) is 84.3 Å². The minimum absolute atomic E-state index is 0.178. The first kappa shape index (κ1) is 23.4. The van der Waals surface area contributed by atoms with Crippen LogP contribution in [0.5, 0.6) is 5.75 Å². The predicted molar refractivity (Wildman–Crippen MR) is 120 cm³/mol. The molecule has 7 heteroatoms. The smallest absolute Gasteiger partial charge is 0.359 e. The van der Waals surface area contributed by atoms with Gasteiger partial charge in [0.15, 0.2) is 0 Å². The Balaban J connectivity index is 0.000000165. The van der Waals surface area contributed by atoms with Gasteiger partial charge >= 0.3 is 5.95 Å². The molecule has 2 aromatic heterocycles. The van der Waals surface area contributed by atoms with Gasteiger partial charge in [-0.15, -0.1) is 0 Å². The van der Waals surface area contributed by atoms with Crippen molar-refractivity contribution in [2.24, 2.45) is 14.1 Å². The molecule has 0 fully saturated rings. The van der Waals surface area contributed by atoms with Gasteiger partial charge in [-0.25, -0.2) is 9.13 Å². The molecule has 4 rings (SSSR count). The van der Waals surface area contributed by atoms with Crippen LogP contribution >= 0.6 is 0 Å². The van der Waals surface area contributed by atoms with Crippen LogP contribution in [-0.2, 0) is 14.1 Å². The SMILES string of the molecule is Cc1c[n+](C)c(N(C)C)n1C.O=C([O-])c1ccccc1O.c1ccc2ncccc2c1. The Morgan fingerprint density at radius 2 is 1.68 bits per heavy atom. The molecule has 0 atom stereocenters. The number of rotatable bonds is 2. The van der Waals surface area contributed by atoms with Gasteiger partial charge in [0, 0.05) is 17.1 Å². The number of anilines is 1. The van der Waals surface area contributed by atoms with E-state index >= 15 is 0 Å². The molecule has 0 saturated heterocycles. The van der Waals surface area contributed by atoms with Crippen LogP contribution in [0.1, 0.15) is 16.1 Å². The third-order valence-corrected chi connectivity index (χ3v) is 4.56. The average Bonchev–Trinajstić information content (AvgIpc) is 3.00. The van der Waals surface area contributed by atoms with Crippen molar-refractivity contribution in [2.75, 3.05) is 19.0 Å². The van der Waals surface area contributed by atoms with Crippen molar-refractivity contribution in [3.8, 4) is 5.75 Å². The number of carboxylic acid groups (broad SMARTS) is 1. The molecule has 2 aromatic carbocycles. The van der Waals surface area contributed by atoms with Crippen LogP contribution < -0.4 is 14.6 Å². The highest BCUT2D eigenvalue weighted by molar-refractivity contribution is 5.88. The van der Waals surface area contributed by atoms with Gasteiger partial charge < -0.3 is 15.0 Å². The Morgan fingerprint density at radius 3 is 2.16 bits per heavy atom. The van der Waals surface area contributed by atoms with Gasteiger partial charge in [-0.05, 0) is 31.2 Å². The number of aromatic hydroxyl groups is 1. The molecule has 0 amide bonds. The number of carbonyl (C=O) groups is 1. The largest absolute Gasteiger partial charge is 0.545 e. The zero-order valence-corrected chi connectivity index (χ0v) is 18.5. The van der Waals surface area contributed by atoms with Crippen molar-refractivity contribution in [3.63, 3.8) is 0 Å². The van der Waals surface area contributed by atoms with Crippen molar-refractivity contribution in [1.82, 2.24) is 9.55 Å². The number of fused-ring (bicyclic) bond motifs is 1. The Hall–Kier alpha value is -3.87. The van der Waals surface area contributed by atoms with E-state index in [1.165, 1.54) is 35.2 Å². The number of imidazole rings is 1. The molecule has 0 unspecified atom stereocenters. The molecule has 31 heavy (non-hydrogen) atoms. The van der Waals surface area contributed by atoms with Crippen molar-refractivity contribution < 1.29 is 19.6 Å². The van der Waals surface area contributed by atoms with Crippen LogP contribution in [0.25, 0.3) is 10.9 Å². The second-order valence-corrected chi connectivity index (χ2v) is 7.14. The van der Waals surface area contributed by atoms with Gasteiger partial charge in [-0.2, -0.15) is 0 Å². The first-order chi connectivity index (χ1) is 14.7. The highest BCUT2D eigenvalue weighted by Gasteiger charge is 2.15. The number of hydrogen-bond acceptors (Lipinski definition) is 5. The van der Waals surface area contributed by atoms with Crippen LogP contribution in [-0.4, -0.2) is 34.7 Å². The van der Waals surface area contributed by atoms with Crippen molar-refractivity contribution >= 4 is 22.8 Å². The van der Waals surface area contributed by atoms with Gasteiger partial charge in [0.2, 0.25) is 0 Å². The lowest BCUT2D eigenvalue weighted by Gasteiger charge is -2.05. The number of carbonyl (C=O) groups excluding carboxylic acids is 1. The fraction of sp³-hybridized carbons (Fsp3) is 0.208. The highest BCUT2D eigenvalue weighted by Crippen LogP contribution is 2.13. The Morgan fingerprint density at radius 1 is 1.06 bits per heavy atom. The van der Waals surface area contributed by atoms with Crippen molar-refractivity contribution in [1.29, 1.82) is 0 Å². The van der Waals surface area contributed by atoms with E-state index < -0.39 is 5.97 Å². The summed E-state index contributed by atoms with van der Waals surface area (Å²) < 4.78 is 4.29. The second-order valence-electron chi connectivity index (χ2n) is 7.14. The third kappa shape index (κ3) is 6.30. The normalized spacial score (nSPS) is 9.84. The van der Waals surface area contributed by atoms with E-state index in [0.717, 1.165) is 5.52 Å². The summed E-state index contributed by atoms with van der Waals surface area (Å²) in [6, 6.07) is 17.7. The molecule has 7 nitrogen and oxygen atoms in total. The molecule has 2 heterocycles. The van der Waals surface area contributed by atoms with E-state index in [2.05, 4.69) is 72.5 Å². The van der Waals surface area contributed by atoms with Gasteiger partial charge in [0.05, 0.1) is 45.9 Å². The molecule has 0 aliphatic heterocycles. The Labute approximate surface area is 182 Å². The summed E-state index contributed by atoms with van der Waals surface area (Å²) in [5, 5.41) is 20.2. The number of aromatic nitrogens is 3. The molecule has 0 bridgehead atoms. The summed E-state index contributed by atoms with van der Waals surface area (Å²) >= 11 is 0. The Bertz CT molecular complexity index is 1090. The van der Waals surface area contributed by atoms with Gasteiger partial charge in [-0.1, -0.05) is 36.4 Å². The summed E-state index contributed by atoms with van der Waals surface area (Å²) in [6.45, 7) is 2.10. The number of benzene rings is 2. The summed E-state index contributed by atoms with van der Waals surface area (Å²) in [5.41, 5.74) is 2.16. The summed E-state index contributed by atoms with van der Waals surface area (Å²) in [6.07, 6.45) is 3.93. The standard InChI is InChI=1S/C9H7N.C8H16N3.C7H6O3/c1-2-6-9-8(4-1)5-3-7-10-9;1-7-6-10(4)8(9(2)3)11(7)5;8-6-4-2-1-3-5(6)7(9)10/h1-7H;6H,1-5H3;1-4,8H,(H,9,10)/q;+1;/p-1.